The number of benzene rings is 2. The third-order valence-electron chi connectivity index (χ3n) is 3.93. The van der Waals surface area contributed by atoms with Crippen LogP contribution in [0.5, 0.6) is 5.75 Å². The van der Waals surface area contributed by atoms with Crippen LogP contribution in [0.2, 0.25) is 0 Å². The molecule has 8 heteroatoms. The van der Waals surface area contributed by atoms with Crippen LogP contribution in [0.1, 0.15) is 19.8 Å². The summed E-state index contributed by atoms with van der Waals surface area (Å²) < 4.78 is 5.63. The fourth-order valence-electron chi connectivity index (χ4n) is 2.50. The molecule has 1 heterocycles. The number of hydrogen-bond donors (Lipinski definition) is 2. The Morgan fingerprint density at radius 3 is 2.14 bits per heavy atom. The van der Waals surface area contributed by atoms with Crippen molar-refractivity contribution in [3.63, 3.8) is 0 Å². The monoisotopic (exact) mass is 379 g/mol. The summed E-state index contributed by atoms with van der Waals surface area (Å²) in [5, 5.41) is 17.6. The van der Waals surface area contributed by atoms with Gasteiger partial charge in [0, 0.05) is 11.4 Å². The summed E-state index contributed by atoms with van der Waals surface area (Å²) in [5.41, 5.74) is 1.13. The molecule has 0 aliphatic rings. The summed E-state index contributed by atoms with van der Waals surface area (Å²) >= 11 is 0. The van der Waals surface area contributed by atoms with Crippen LogP contribution in [0.25, 0.3) is 0 Å². The van der Waals surface area contributed by atoms with Gasteiger partial charge in [-0.05, 0) is 42.8 Å². The number of ether oxygens (including phenoxy) is 1. The highest BCUT2D eigenvalue weighted by atomic mass is 16.6. The van der Waals surface area contributed by atoms with Gasteiger partial charge in [-0.3, -0.25) is 10.1 Å². The number of para-hydroxylation sites is 1. The van der Waals surface area contributed by atoms with Gasteiger partial charge in [-0.25, -0.2) is 9.97 Å². The van der Waals surface area contributed by atoms with Crippen LogP contribution in [-0.2, 0) is 0 Å². The van der Waals surface area contributed by atoms with Gasteiger partial charge in [0.15, 0.2) is 0 Å². The second-order valence-electron chi connectivity index (χ2n) is 6.02. The first kappa shape index (κ1) is 19.1. The summed E-state index contributed by atoms with van der Waals surface area (Å²) in [4.78, 5) is 19.2. The van der Waals surface area contributed by atoms with Crippen LogP contribution in [0.3, 0.4) is 0 Å². The lowest BCUT2D eigenvalue weighted by atomic mass is 10.3. The number of aromatic nitrogens is 2. The lowest BCUT2D eigenvalue weighted by molar-refractivity contribution is -0.383. The van der Waals surface area contributed by atoms with Crippen molar-refractivity contribution in [2.24, 2.45) is 0 Å². The summed E-state index contributed by atoms with van der Waals surface area (Å²) in [6, 6.07) is 16.3. The Hall–Kier alpha value is -3.68. The van der Waals surface area contributed by atoms with E-state index in [4.69, 9.17) is 4.74 Å². The molecular formula is C20H21N5O3. The molecule has 2 N–H and O–H groups in total. The van der Waals surface area contributed by atoms with Gasteiger partial charge < -0.3 is 15.4 Å². The highest BCUT2D eigenvalue weighted by Crippen LogP contribution is 2.33. The van der Waals surface area contributed by atoms with Crippen LogP contribution in [0.15, 0.2) is 60.9 Å². The van der Waals surface area contributed by atoms with Gasteiger partial charge in [-0.2, -0.15) is 0 Å². The number of unbranched alkanes of at least 4 members (excludes halogenated alkanes) is 1. The second kappa shape index (κ2) is 9.31. The van der Waals surface area contributed by atoms with E-state index in [1.165, 1.54) is 6.33 Å². The van der Waals surface area contributed by atoms with Gasteiger partial charge in [-0.1, -0.05) is 31.5 Å². The maximum atomic E-state index is 11.6. The lowest BCUT2D eigenvalue weighted by Crippen LogP contribution is -2.05. The van der Waals surface area contributed by atoms with Gasteiger partial charge in [0.05, 0.1) is 11.5 Å². The minimum absolute atomic E-state index is 0.109. The van der Waals surface area contributed by atoms with E-state index >= 15 is 0 Å². The van der Waals surface area contributed by atoms with Gasteiger partial charge in [0.2, 0.25) is 11.6 Å². The first-order valence-corrected chi connectivity index (χ1v) is 8.98. The Kier molecular flexibility index (Phi) is 6.35. The first-order chi connectivity index (χ1) is 13.7. The van der Waals surface area contributed by atoms with Crippen LogP contribution in [-0.4, -0.2) is 21.5 Å². The lowest BCUT2D eigenvalue weighted by Gasteiger charge is -2.11. The fraction of sp³-hybridized carbons (Fsp3) is 0.200. The Labute approximate surface area is 162 Å². The highest BCUT2D eigenvalue weighted by Gasteiger charge is 2.23. The van der Waals surface area contributed by atoms with Crippen molar-refractivity contribution in [3.8, 4) is 5.75 Å². The predicted molar refractivity (Wildman–Crippen MR) is 109 cm³/mol. The summed E-state index contributed by atoms with van der Waals surface area (Å²) in [7, 11) is 0. The van der Waals surface area contributed by atoms with Crippen molar-refractivity contribution in [3.05, 3.63) is 71.0 Å². The molecule has 3 aromatic rings. The normalized spacial score (nSPS) is 10.3. The van der Waals surface area contributed by atoms with Gasteiger partial charge in [0.1, 0.15) is 12.1 Å². The third kappa shape index (κ3) is 4.94. The number of nitrogens with zero attached hydrogens (tertiary/aromatic N) is 3. The smallest absolute Gasteiger partial charge is 0.353 e. The van der Waals surface area contributed by atoms with Crippen LogP contribution >= 0.6 is 0 Å². The molecule has 0 radical (unpaired) electrons. The van der Waals surface area contributed by atoms with Crippen molar-refractivity contribution in [1.82, 2.24) is 9.97 Å². The summed E-state index contributed by atoms with van der Waals surface area (Å²) in [6.07, 6.45) is 3.34. The fourth-order valence-corrected chi connectivity index (χ4v) is 2.50. The number of nitro groups is 1. The zero-order valence-electron chi connectivity index (χ0n) is 15.5. The van der Waals surface area contributed by atoms with Crippen molar-refractivity contribution in [2.75, 3.05) is 17.2 Å². The molecule has 8 nitrogen and oxygen atoms in total. The van der Waals surface area contributed by atoms with Gasteiger partial charge >= 0.3 is 5.69 Å². The molecule has 144 valence electrons. The third-order valence-corrected chi connectivity index (χ3v) is 3.93. The molecule has 0 bridgehead atoms. The molecule has 2 aromatic carbocycles. The van der Waals surface area contributed by atoms with Gasteiger partial charge in [0.25, 0.3) is 0 Å². The molecule has 0 unspecified atom stereocenters. The zero-order chi connectivity index (χ0) is 19.8. The predicted octanol–water partition coefficient (Wildman–Crippen LogP) is 5.05. The summed E-state index contributed by atoms with van der Waals surface area (Å²) in [5.74, 6) is 0.980. The van der Waals surface area contributed by atoms with E-state index in [1.807, 2.05) is 30.3 Å². The SMILES string of the molecule is CCCCOc1ccc(Nc2ncnc(Nc3ccccc3)c2[N+](=O)[O-])cc1. The Morgan fingerprint density at radius 2 is 1.57 bits per heavy atom. The topological polar surface area (TPSA) is 102 Å². The molecule has 0 fully saturated rings. The highest BCUT2D eigenvalue weighted by molar-refractivity contribution is 5.76. The van der Waals surface area contributed by atoms with Crippen molar-refractivity contribution >= 4 is 28.7 Å². The zero-order valence-corrected chi connectivity index (χ0v) is 15.5. The number of anilines is 4. The van der Waals surface area contributed by atoms with Crippen LogP contribution in [0, 0.1) is 10.1 Å². The minimum atomic E-state index is -0.504. The molecule has 0 aliphatic heterocycles. The van der Waals surface area contributed by atoms with E-state index in [0.717, 1.165) is 18.6 Å². The molecule has 0 saturated carbocycles. The Balaban J connectivity index is 1.80. The van der Waals surface area contributed by atoms with E-state index in [2.05, 4.69) is 27.5 Å². The maximum absolute atomic E-state index is 11.6. The number of nitrogens with one attached hydrogen (secondary N) is 2. The van der Waals surface area contributed by atoms with Crippen LogP contribution < -0.4 is 15.4 Å². The second-order valence-corrected chi connectivity index (χ2v) is 6.02. The molecular weight excluding hydrogens is 358 g/mol. The largest absolute Gasteiger partial charge is 0.494 e. The van der Waals surface area contributed by atoms with Crippen molar-refractivity contribution < 1.29 is 9.66 Å². The average molecular weight is 379 g/mol. The van der Waals surface area contributed by atoms with Crippen molar-refractivity contribution in [2.45, 2.75) is 19.8 Å². The first-order valence-electron chi connectivity index (χ1n) is 8.98. The number of rotatable bonds is 9. The molecule has 0 saturated heterocycles. The van der Waals surface area contributed by atoms with E-state index in [9.17, 15) is 10.1 Å². The molecule has 0 atom stereocenters. The summed E-state index contributed by atoms with van der Waals surface area (Å²) in [6.45, 7) is 2.76. The quantitative estimate of drug-likeness (QED) is 0.305. The van der Waals surface area contributed by atoms with Gasteiger partial charge in [-0.15, -0.1) is 0 Å². The molecule has 0 amide bonds. The molecule has 0 spiro atoms. The van der Waals surface area contributed by atoms with E-state index in [1.54, 1.807) is 24.3 Å². The van der Waals surface area contributed by atoms with E-state index in [0.29, 0.717) is 18.0 Å². The maximum Gasteiger partial charge on any atom is 0.353 e. The van der Waals surface area contributed by atoms with E-state index in [-0.39, 0.29) is 17.3 Å². The number of hydrogen-bond acceptors (Lipinski definition) is 7. The van der Waals surface area contributed by atoms with E-state index < -0.39 is 4.92 Å². The van der Waals surface area contributed by atoms with Crippen molar-refractivity contribution in [1.29, 1.82) is 0 Å². The average Bonchev–Trinajstić information content (AvgIpc) is 2.70. The molecule has 3 rings (SSSR count). The Morgan fingerprint density at radius 1 is 0.964 bits per heavy atom. The van der Waals surface area contributed by atoms with Crippen LogP contribution in [0.4, 0.5) is 28.7 Å². The standard InChI is InChI=1S/C20H21N5O3/c1-2-3-13-28-17-11-9-16(10-12-17)24-20-18(25(26)27)19(21-14-22-20)23-15-7-5-4-6-8-15/h4-12,14H,2-3,13H2,1H3,(H2,21,22,23,24). The molecule has 1 aromatic heterocycles. The molecule has 0 aliphatic carbocycles. The Bertz CT molecular complexity index is 917. The minimum Gasteiger partial charge on any atom is -0.494 e. The molecule has 28 heavy (non-hydrogen) atoms.